The number of aryl methyl sites for hydroxylation is 1. The molecule has 0 unspecified atom stereocenters. The second-order valence-electron chi connectivity index (χ2n) is 6.74. The van der Waals surface area contributed by atoms with E-state index in [2.05, 4.69) is 5.32 Å². The number of anilines is 2. The Morgan fingerprint density at radius 2 is 1.50 bits per heavy atom. The van der Waals surface area contributed by atoms with Gasteiger partial charge in [-0.05, 0) is 54.4 Å². The van der Waals surface area contributed by atoms with Crippen LogP contribution in [0.15, 0.2) is 78.9 Å². The molecule has 30 heavy (non-hydrogen) atoms. The molecule has 0 atom stereocenters. The smallest absolute Gasteiger partial charge is 0.245 e. The van der Waals surface area contributed by atoms with Gasteiger partial charge in [-0.2, -0.15) is 0 Å². The minimum absolute atomic E-state index is 0.324. The summed E-state index contributed by atoms with van der Waals surface area (Å²) in [7, 11) is -3.66. The summed E-state index contributed by atoms with van der Waals surface area (Å²) >= 11 is 0. The van der Waals surface area contributed by atoms with Crippen molar-refractivity contribution in [2.24, 2.45) is 0 Å². The number of nitrogens with zero attached hydrogens (tertiary/aromatic N) is 1. The molecule has 6 nitrogen and oxygen atoms in total. The van der Waals surface area contributed by atoms with Crippen molar-refractivity contribution < 1.29 is 17.9 Å². The zero-order valence-corrected chi connectivity index (χ0v) is 17.7. The van der Waals surface area contributed by atoms with Gasteiger partial charge in [-0.1, -0.05) is 43.3 Å². The lowest BCUT2D eigenvalue weighted by Gasteiger charge is -2.22. The quantitative estimate of drug-likeness (QED) is 0.580. The maximum absolute atomic E-state index is 12.6. The zero-order valence-electron chi connectivity index (χ0n) is 16.9. The average Bonchev–Trinajstić information content (AvgIpc) is 2.73. The number of nitrogens with one attached hydrogen (secondary N) is 1. The number of rotatable bonds is 8. The van der Waals surface area contributed by atoms with E-state index >= 15 is 0 Å². The number of sulfonamides is 1. The normalized spacial score (nSPS) is 11.0. The van der Waals surface area contributed by atoms with Crippen molar-refractivity contribution in [2.75, 3.05) is 22.4 Å². The highest BCUT2D eigenvalue weighted by molar-refractivity contribution is 7.92. The molecule has 0 aliphatic heterocycles. The SMILES string of the molecule is CCc1ccccc1NC(=O)CN(c1ccc(Oc2ccccc2)cc1)S(C)(=O)=O. The Kier molecular flexibility index (Phi) is 6.74. The topological polar surface area (TPSA) is 75.7 Å². The summed E-state index contributed by atoms with van der Waals surface area (Å²) in [4.78, 5) is 12.6. The third-order valence-corrected chi connectivity index (χ3v) is 5.60. The highest BCUT2D eigenvalue weighted by Crippen LogP contribution is 2.25. The predicted molar refractivity (Wildman–Crippen MR) is 120 cm³/mol. The van der Waals surface area contributed by atoms with Crippen molar-refractivity contribution in [2.45, 2.75) is 13.3 Å². The second kappa shape index (κ2) is 9.45. The molecule has 0 radical (unpaired) electrons. The number of ether oxygens (including phenoxy) is 1. The standard InChI is InChI=1S/C23H24N2O4S/c1-3-18-9-7-8-12-22(18)24-23(26)17-25(30(2,27)28)19-13-15-21(16-14-19)29-20-10-5-4-6-11-20/h4-16H,3,17H2,1-2H3,(H,24,26). The fraction of sp³-hybridized carbons (Fsp3) is 0.174. The first kappa shape index (κ1) is 21.4. The molecule has 0 bridgehead atoms. The van der Waals surface area contributed by atoms with Gasteiger partial charge in [-0.3, -0.25) is 9.10 Å². The lowest BCUT2D eigenvalue weighted by atomic mass is 10.1. The van der Waals surface area contributed by atoms with Crippen LogP contribution in [0, 0.1) is 0 Å². The lowest BCUT2D eigenvalue weighted by Crippen LogP contribution is -2.37. The summed E-state index contributed by atoms with van der Waals surface area (Å²) in [5.74, 6) is 0.838. The molecule has 7 heteroatoms. The van der Waals surface area contributed by atoms with Crippen LogP contribution in [0.1, 0.15) is 12.5 Å². The maximum atomic E-state index is 12.6. The lowest BCUT2D eigenvalue weighted by molar-refractivity contribution is -0.114. The molecule has 0 spiro atoms. The van der Waals surface area contributed by atoms with E-state index in [-0.39, 0.29) is 6.54 Å². The largest absolute Gasteiger partial charge is 0.457 e. The first-order valence-electron chi connectivity index (χ1n) is 9.55. The molecular weight excluding hydrogens is 400 g/mol. The Hall–Kier alpha value is -3.32. The van der Waals surface area contributed by atoms with Gasteiger partial charge >= 0.3 is 0 Å². The number of hydrogen-bond donors (Lipinski definition) is 1. The van der Waals surface area contributed by atoms with E-state index < -0.39 is 15.9 Å². The molecule has 1 N–H and O–H groups in total. The van der Waals surface area contributed by atoms with Gasteiger partial charge in [0, 0.05) is 5.69 Å². The van der Waals surface area contributed by atoms with Gasteiger partial charge in [-0.25, -0.2) is 8.42 Å². The van der Waals surface area contributed by atoms with Crippen molar-refractivity contribution in [1.82, 2.24) is 0 Å². The molecule has 0 saturated heterocycles. The van der Waals surface area contributed by atoms with Crippen molar-refractivity contribution >= 4 is 27.3 Å². The van der Waals surface area contributed by atoms with Crippen LogP contribution in [0.2, 0.25) is 0 Å². The highest BCUT2D eigenvalue weighted by Gasteiger charge is 2.21. The van der Waals surface area contributed by atoms with Crippen LogP contribution >= 0.6 is 0 Å². The molecule has 0 aromatic heterocycles. The molecular formula is C23H24N2O4S. The zero-order chi connectivity index (χ0) is 21.6. The summed E-state index contributed by atoms with van der Waals surface area (Å²) < 4.78 is 31.5. The molecule has 3 rings (SSSR count). The van der Waals surface area contributed by atoms with Crippen LogP contribution in [0.5, 0.6) is 11.5 Å². The number of carbonyl (C=O) groups is 1. The van der Waals surface area contributed by atoms with Gasteiger partial charge in [0.15, 0.2) is 0 Å². The number of amides is 1. The average molecular weight is 425 g/mol. The number of carbonyl (C=O) groups excluding carboxylic acids is 1. The van der Waals surface area contributed by atoms with Crippen LogP contribution < -0.4 is 14.4 Å². The third-order valence-electron chi connectivity index (χ3n) is 4.46. The van der Waals surface area contributed by atoms with E-state index in [1.54, 1.807) is 30.3 Å². The van der Waals surface area contributed by atoms with Crippen LogP contribution in [0.25, 0.3) is 0 Å². The monoisotopic (exact) mass is 424 g/mol. The molecule has 156 valence electrons. The molecule has 0 heterocycles. The summed E-state index contributed by atoms with van der Waals surface area (Å²) in [6, 6.07) is 23.3. The van der Waals surface area contributed by atoms with Gasteiger partial charge in [0.1, 0.15) is 18.0 Å². The highest BCUT2D eigenvalue weighted by atomic mass is 32.2. The van der Waals surface area contributed by atoms with E-state index in [4.69, 9.17) is 4.74 Å². The van der Waals surface area contributed by atoms with Gasteiger partial charge in [0.25, 0.3) is 0 Å². The van der Waals surface area contributed by atoms with E-state index in [1.807, 2.05) is 55.5 Å². The fourth-order valence-electron chi connectivity index (χ4n) is 2.98. The van der Waals surface area contributed by atoms with Crippen LogP contribution in [0.3, 0.4) is 0 Å². The molecule has 0 saturated carbocycles. The van der Waals surface area contributed by atoms with Crippen molar-refractivity contribution in [3.63, 3.8) is 0 Å². The van der Waals surface area contributed by atoms with Gasteiger partial charge in [0.2, 0.25) is 15.9 Å². The number of benzene rings is 3. The number of hydrogen-bond acceptors (Lipinski definition) is 4. The van der Waals surface area contributed by atoms with E-state index in [0.29, 0.717) is 22.9 Å². The Labute approximate surface area is 177 Å². The number of para-hydroxylation sites is 2. The predicted octanol–water partition coefficient (Wildman–Crippen LogP) is 4.45. The summed E-state index contributed by atoms with van der Waals surface area (Å²) in [5, 5.41) is 2.81. The minimum Gasteiger partial charge on any atom is -0.457 e. The first-order valence-corrected chi connectivity index (χ1v) is 11.4. The summed E-state index contributed by atoms with van der Waals surface area (Å²) in [5.41, 5.74) is 2.06. The van der Waals surface area contributed by atoms with Gasteiger partial charge < -0.3 is 10.1 Å². The molecule has 0 fully saturated rings. The Bertz CT molecular complexity index is 1100. The first-order chi connectivity index (χ1) is 14.4. The van der Waals surface area contributed by atoms with Crippen LogP contribution in [-0.2, 0) is 21.2 Å². The Morgan fingerprint density at radius 3 is 2.13 bits per heavy atom. The molecule has 0 aliphatic rings. The van der Waals surface area contributed by atoms with E-state index in [1.165, 1.54) is 0 Å². The fourth-order valence-corrected chi connectivity index (χ4v) is 3.83. The summed E-state index contributed by atoms with van der Waals surface area (Å²) in [6.07, 6.45) is 1.84. The van der Waals surface area contributed by atoms with Crippen molar-refractivity contribution in [3.05, 3.63) is 84.4 Å². The van der Waals surface area contributed by atoms with Crippen LogP contribution in [-0.4, -0.2) is 27.1 Å². The Balaban J connectivity index is 1.75. The molecule has 3 aromatic rings. The van der Waals surface area contributed by atoms with Gasteiger partial charge in [-0.15, -0.1) is 0 Å². The molecule has 1 amide bonds. The van der Waals surface area contributed by atoms with Crippen molar-refractivity contribution in [1.29, 1.82) is 0 Å². The van der Waals surface area contributed by atoms with Crippen LogP contribution in [0.4, 0.5) is 11.4 Å². The summed E-state index contributed by atoms with van der Waals surface area (Å²) in [6.45, 7) is 1.67. The minimum atomic E-state index is -3.66. The molecule has 0 aliphatic carbocycles. The Morgan fingerprint density at radius 1 is 0.900 bits per heavy atom. The van der Waals surface area contributed by atoms with Gasteiger partial charge in [0.05, 0.1) is 11.9 Å². The van der Waals surface area contributed by atoms with E-state index in [9.17, 15) is 13.2 Å². The van der Waals surface area contributed by atoms with Crippen molar-refractivity contribution in [3.8, 4) is 11.5 Å². The van der Waals surface area contributed by atoms with E-state index in [0.717, 1.165) is 22.5 Å². The second-order valence-corrected chi connectivity index (χ2v) is 8.64. The molecule has 3 aromatic carbocycles. The maximum Gasteiger partial charge on any atom is 0.245 e. The third kappa shape index (κ3) is 5.61.